The fraction of sp³-hybridized carbons (Fsp3) is 0.400. The zero-order valence-corrected chi connectivity index (χ0v) is 11.7. The van der Waals surface area contributed by atoms with E-state index in [1.165, 1.54) is 0 Å². The number of fused-ring (bicyclic) bond motifs is 1. The molecule has 102 valence electrons. The number of aliphatic carboxylic acids is 1. The number of benzene rings is 1. The van der Waals surface area contributed by atoms with Crippen molar-refractivity contribution in [2.75, 3.05) is 7.11 Å². The third-order valence-corrected chi connectivity index (χ3v) is 3.56. The van der Waals surface area contributed by atoms with Gasteiger partial charge in [0.15, 0.2) is 0 Å². The first-order chi connectivity index (χ1) is 8.85. The molecular weight excluding hydrogens is 242 g/mol. The van der Waals surface area contributed by atoms with E-state index >= 15 is 0 Å². The second-order valence-corrected chi connectivity index (χ2v) is 5.49. The van der Waals surface area contributed by atoms with Crippen LogP contribution in [0, 0.1) is 0 Å². The number of hydrogen-bond acceptors (Lipinski definition) is 2. The lowest BCUT2D eigenvalue weighted by Crippen LogP contribution is -2.21. The molecule has 0 bridgehead atoms. The average molecular weight is 261 g/mol. The Morgan fingerprint density at radius 3 is 2.68 bits per heavy atom. The van der Waals surface area contributed by atoms with Crippen molar-refractivity contribution < 1.29 is 14.6 Å². The molecule has 2 rings (SSSR count). The van der Waals surface area contributed by atoms with Crippen LogP contribution in [0.1, 0.15) is 25.8 Å². The lowest BCUT2D eigenvalue weighted by Gasteiger charge is -2.24. The zero-order chi connectivity index (χ0) is 14.2. The van der Waals surface area contributed by atoms with Gasteiger partial charge < -0.3 is 14.4 Å². The number of ether oxygens (including phenoxy) is 1. The zero-order valence-electron chi connectivity index (χ0n) is 11.7. The van der Waals surface area contributed by atoms with Crippen molar-refractivity contribution in [3.63, 3.8) is 0 Å². The highest BCUT2D eigenvalue weighted by atomic mass is 16.5. The summed E-state index contributed by atoms with van der Waals surface area (Å²) in [5.41, 5.74) is 1.59. The Kier molecular flexibility index (Phi) is 3.27. The molecule has 0 saturated heterocycles. The minimum absolute atomic E-state index is 0.0894. The van der Waals surface area contributed by atoms with Gasteiger partial charge in [-0.3, -0.25) is 4.79 Å². The van der Waals surface area contributed by atoms with E-state index in [1.54, 1.807) is 7.11 Å². The molecule has 0 atom stereocenters. The van der Waals surface area contributed by atoms with Gasteiger partial charge in [0.25, 0.3) is 0 Å². The smallest absolute Gasteiger partial charge is 0.304 e. The SMILES string of the molecule is COc1cc(C(C)(C)CC(=O)O)cc2c1ccn2C. The topological polar surface area (TPSA) is 51.5 Å². The number of carboxylic acid groups (broad SMARTS) is 1. The second-order valence-electron chi connectivity index (χ2n) is 5.49. The van der Waals surface area contributed by atoms with Crippen LogP contribution in [0.2, 0.25) is 0 Å². The maximum Gasteiger partial charge on any atom is 0.304 e. The molecule has 0 radical (unpaired) electrons. The summed E-state index contributed by atoms with van der Waals surface area (Å²) in [6.45, 7) is 3.87. The molecule has 0 amide bonds. The number of nitrogens with zero attached hydrogens (tertiary/aromatic N) is 1. The summed E-state index contributed by atoms with van der Waals surface area (Å²) >= 11 is 0. The van der Waals surface area contributed by atoms with Gasteiger partial charge in [-0.05, 0) is 23.8 Å². The van der Waals surface area contributed by atoms with Crippen molar-refractivity contribution >= 4 is 16.9 Å². The van der Waals surface area contributed by atoms with Gasteiger partial charge in [-0.1, -0.05) is 13.8 Å². The molecule has 0 spiro atoms. The molecule has 1 N–H and O–H groups in total. The second kappa shape index (κ2) is 4.61. The van der Waals surface area contributed by atoms with E-state index in [1.807, 2.05) is 49.9 Å². The first-order valence-corrected chi connectivity index (χ1v) is 6.20. The van der Waals surface area contributed by atoms with Gasteiger partial charge in [0.1, 0.15) is 5.75 Å². The molecule has 19 heavy (non-hydrogen) atoms. The molecule has 2 aromatic rings. The summed E-state index contributed by atoms with van der Waals surface area (Å²) in [5.74, 6) is -0.0116. The summed E-state index contributed by atoms with van der Waals surface area (Å²) in [6, 6.07) is 5.98. The Bertz CT molecular complexity index is 626. The number of hydrogen-bond donors (Lipinski definition) is 1. The van der Waals surface area contributed by atoms with Crippen LogP contribution in [0.25, 0.3) is 10.9 Å². The van der Waals surface area contributed by atoms with Gasteiger partial charge >= 0.3 is 5.97 Å². The van der Waals surface area contributed by atoms with E-state index in [9.17, 15) is 4.79 Å². The molecule has 0 aliphatic rings. The molecule has 1 heterocycles. The van der Waals surface area contributed by atoms with Crippen molar-refractivity contribution in [3.8, 4) is 5.75 Å². The minimum atomic E-state index is -0.795. The van der Waals surface area contributed by atoms with Crippen LogP contribution in [-0.4, -0.2) is 22.8 Å². The minimum Gasteiger partial charge on any atom is -0.496 e. The van der Waals surface area contributed by atoms with Gasteiger partial charge in [0.2, 0.25) is 0 Å². The Balaban J connectivity index is 2.61. The van der Waals surface area contributed by atoms with Crippen molar-refractivity contribution in [1.82, 2.24) is 4.57 Å². The predicted octanol–water partition coefficient (Wildman–Crippen LogP) is 2.94. The van der Waals surface area contributed by atoms with E-state index in [-0.39, 0.29) is 6.42 Å². The van der Waals surface area contributed by atoms with Crippen molar-refractivity contribution in [2.24, 2.45) is 7.05 Å². The van der Waals surface area contributed by atoms with E-state index in [4.69, 9.17) is 9.84 Å². The maximum atomic E-state index is 11.0. The van der Waals surface area contributed by atoms with Crippen LogP contribution in [0.4, 0.5) is 0 Å². The quantitative estimate of drug-likeness (QED) is 0.920. The highest BCUT2D eigenvalue weighted by molar-refractivity contribution is 5.87. The molecule has 0 unspecified atom stereocenters. The molecule has 0 aliphatic heterocycles. The lowest BCUT2D eigenvalue weighted by atomic mass is 9.81. The van der Waals surface area contributed by atoms with Crippen LogP contribution in [0.5, 0.6) is 5.75 Å². The molecule has 4 heteroatoms. The van der Waals surface area contributed by atoms with Crippen molar-refractivity contribution in [2.45, 2.75) is 25.7 Å². The van der Waals surface area contributed by atoms with Gasteiger partial charge in [-0.25, -0.2) is 0 Å². The van der Waals surface area contributed by atoms with Gasteiger partial charge in [0, 0.05) is 24.0 Å². The monoisotopic (exact) mass is 261 g/mol. The van der Waals surface area contributed by atoms with Crippen LogP contribution < -0.4 is 4.74 Å². The van der Waals surface area contributed by atoms with E-state index < -0.39 is 11.4 Å². The Morgan fingerprint density at radius 2 is 2.11 bits per heavy atom. The van der Waals surface area contributed by atoms with E-state index in [0.717, 1.165) is 22.2 Å². The lowest BCUT2D eigenvalue weighted by molar-refractivity contribution is -0.138. The third kappa shape index (κ3) is 2.43. The average Bonchev–Trinajstić information content (AvgIpc) is 2.68. The highest BCUT2D eigenvalue weighted by Gasteiger charge is 2.25. The van der Waals surface area contributed by atoms with Crippen LogP contribution >= 0.6 is 0 Å². The van der Waals surface area contributed by atoms with Gasteiger partial charge in [-0.2, -0.15) is 0 Å². The standard InChI is InChI=1S/C15H19NO3/c1-15(2,9-14(17)18)10-7-12-11(5-6-16(12)3)13(8-10)19-4/h5-8H,9H2,1-4H3,(H,17,18). The number of rotatable bonds is 4. The fourth-order valence-electron chi connectivity index (χ4n) is 2.38. The fourth-order valence-corrected chi connectivity index (χ4v) is 2.38. The van der Waals surface area contributed by atoms with Crippen molar-refractivity contribution in [1.29, 1.82) is 0 Å². The molecule has 1 aromatic heterocycles. The molecule has 0 aliphatic carbocycles. The Labute approximate surface area is 112 Å². The summed E-state index contributed by atoms with van der Waals surface area (Å²) in [5, 5.41) is 10.1. The summed E-state index contributed by atoms with van der Waals surface area (Å²) in [7, 11) is 3.60. The molecule has 1 aromatic carbocycles. The van der Waals surface area contributed by atoms with Crippen LogP contribution in [-0.2, 0) is 17.3 Å². The summed E-state index contributed by atoms with van der Waals surface area (Å²) in [4.78, 5) is 11.0. The van der Waals surface area contributed by atoms with Gasteiger partial charge in [0.05, 0.1) is 19.0 Å². The van der Waals surface area contributed by atoms with Gasteiger partial charge in [-0.15, -0.1) is 0 Å². The maximum absolute atomic E-state index is 11.0. The number of methoxy groups -OCH3 is 1. The molecule has 0 saturated carbocycles. The number of carboxylic acids is 1. The number of carbonyl (C=O) groups is 1. The molecule has 4 nitrogen and oxygen atoms in total. The molecular formula is C15H19NO3. The number of aromatic nitrogens is 1. The van der Waals surface area contributed by atoms with E-state index in [0.29, 0.717) is 0 Å². The largest absolute Gasteiger partial charge is 0.496 e. The number of aryl methyl sites for hydroxylation is 1. The van der Waals surface area contributed by atoms with Crippen LogP contribution in [0.15, 0.2) is 24.4 Å². The van der Waals surface area contributed by atoms with Crippen molar-refractivity contribution in [3.05, 3.63) is 30.0 Å². The van der Waals surface area contributed by atoms with E-state index in [2.05, 4.69) is 0 Å². The summed E-state index contributed by atoms with van der Waals surface area (Å²) in [6.07, 6.45) is 2.06. The molecule has 0 fully saturated rings. The Hall–Kier alpha value is -1.97. The first-order valence-electron chi connectivity index (χ1n) is 6.20. The highest BCUT2D eigenvalue weighted by Crippen LogP contribution is 2.35. The normalized spacial score (nSPS) is 11.8. The first kappa shape index (κ1) is 13.5. The third-order valence-electron chi connectivity index (χ3n) is 3.56. The Morgan fingerprint density at radius 1 is 1.42 bits per heavy atom. The summed E-state index contributed by atoms with van der Waals surface area (Å²) < 4.78 is 7.43. The predicted molar refractivity (Wildman–Crippen MR) is 74.7 cm³/mol. The van der Waals surface area contributed by atoms with Crippen LogP contribution in [0.3, 0.4) is 0 Å².